The number of para-hydroxylation sites is 4. The number of hydrogen-bond acceptors (Lipinski definition) is 2. The number of fused-ring (bicyclic) bond motifs is 9. The first-order valence-electron chi connectivity index (χ1n) is 24.1. The third-order valence-electron chi connectivity index (χ3n) is 14.7. The Morgan fingerprint density at radius 1 is 0.329 bits per heavy atom. The third kappa shape index (κ3) is 6.08. The van der Waals surface area contributed by atoms with Crippen LogP contribution in [-0.2, 0) is 5.41 Å². The summed E-state index contributed by atoms with van der Waals surface area (Å²) >= 11 is 0. The summed E-state index contributed by atoms with van der Waals surface area (Å²) in [6, 6.07) is 97.2. The maximum Gasteiger partial charge on any atom is 0.143 e. The van der Waals surface area contributed by atoms with Gasteiger partial charge >= 0.3 is 0 Å². The zero-order chi connectivity index (χ0) is 46.2. The van der Waals surface area contributed by atoms with Gasteiger partial charge in [0.05, 0.1) is 16.4 Å². The highest BCUT2D eigenvalue weighted by atomic mass is 16.3. The summed E-state index contributed by atoms with van der Waals surface area (Å²) in [6.45, 7) is 0. The minimum atomic E-state index is -0.478. The molecule has 0 bridgehead atoms. The molecular formula is C67H44N2O. The zero-order valence-electron chi connectivity index (χ0n) is 38.2. The first-order chi connectivity index (χ1) is 34.7. The fraction of sp³-hybridized carbons (Fsp3) is 0.0149. The Balaban J connectivity index is 0.888. The Morgan fingerprint density at radius 2 is 0.814 bits per heavy atom. The number of anilines is 3. The van der Waals surface area contributed by atoms with E-state index in [1.165, 1.54) is 55.2 Å². The second-order valence-electron chi connectivity index (χ2n) is 18.4. The Labute approximate surface area is 406 Å². The van der Waals surface area contributed by atoms with E-state index in [0.717, 1.165) is 66.9 Å². The highest BCUT2D eigenvalue weighted by Crippen LogP contribution is 2.56. The van der Waals surface area contributed by atoms with E-state index in [4.69, 9.17) is 4.42 Å². The molecule has 1 aliphatic rings. The maximum absolute atomic E-state index is 6.46. The van der Waals surface area contributed by atoms with Crippen LogP contribution in [0.15, 0.2) is 271 Å². The van der Waals surface area contributed by atoms with Crippen molar-refractivity contribution >= 4 is 60.8 Å². The fourth-order valence-electron chi connectivity index (χ4n) is 11.6. The van der Waals surface area contributed by atoms with Crippen LogP contribution >= 0.6 is 0 Å². The minimum Gasteiger partial charge on any atom is -0.455 e. The van der Waals surface area contributed by atoms with Crippen LogP contribution in [0.3, 0.4) is 0 Å². The number of nitrogens with zero attached hydrogens (tertiary/aromatic N) is 2. The van der Waals surface area contributed by atoms with Crippen LogP contribution in [0.1, 0.15) is 22.3 Å². The summed E-state index contributed by atoms with van der Waals surface area (Å²) < 4.78 is 8.84. The SMILES string of the molecule is c1ccc(C2(c3ccc(N(c4ccc(-c5cccc(-c6cccc7c6oc6ccccc67)c5)cc4)c4ccc(-n5c6ccccc6c6ccccc65)cc4)cc3)c3ccccc3-c3ccccc32)cc1. The third-order valence-corrected chi connectivity index (χ3v) is 14.7. The second-order valence-corrected chi connectivity index (χ2v) is 18.4. The van der Waals surface area contributed by atoms with Gasteiger partial charge in [0, 0.05) is 49.9 Å². The van der Waals surface area contributed by atoms with Crippen molar-refractivity contribution in [3.05, 3.63) is 289 Å². The van der Waals surface area contributed by atoms with E-state index in [1.807, 2.05) is 12.1 Å². The standard InChI is InChI=1S/C67H44N2O/c1-2-18-48(19-3-1)67(61-27-9-4-20-55(61)56-21-5-10-28-62(56)67)49-34-38-51(39-35-49)68(52-40-42-53(43-41-52)69-63-29-11-6-22-57(63)58-23-7-12-30-64(58)69)50-36-32-45(33-37-50)46-16-14-17-47(44-46)54-25-15-26-60-59-24-8-13-31-65(59)70-66(54)60/h1-44H. The molecule has 0 spiro atoms. The Morgan fingerprint density at radius 3 is 1.49 bits per heavy atom. The normalized spacial score (nSPS) is 12.7. The van der Waals surface area contributed by atoms with Crippen molar-refractivity contribution < 1.29 is 4.42 Å². The van der Waals surface area contributed by atoms with Gasteiger partial charge in [-0.15, -0.1) is 0 Å². The summed E-state index contributed by atoms with van der Waals surface area (Å²) in [5, 5.41) is 4.77. The molecule has 0 radical (unpaired) electrons. The summed E-state index contributed by atoms with van der Waals surface area (Å²) in [7, 11) is 0. The number of rotatable bonds is 8. The second kappa shape index (κ2) is 16.0. The molecular weight excluding hydrogens is 849 g/mol. The van der Waals surface area contributed by atoms with Crippen molar-refractivity contribution in [3.8, 4) is 39.1 Å². The highest BCUT2D eigenvalue weighted by Gasteiger charge is 2.45. The van der Waals surface area contributed by atoms with Gasteiger partial charge in [0.1, 0.15) is 11.2 Å². The van der Waals surface area contributed by atoms with Crippen LogP contribution in [-0.4, -0.2) is 4.57 Å². The average Bonchev–Trinajstić information content (AvgIpc) is 4.09. The molecule has 0 atom stereocenters. The summed E-state index contributed by atoms with van der Waals surface area (Å²) in [6.07, 6.45) is 0. The Kier molecular flexibility index (Phi) is 9.11. The van der Waals surface area contributed by atoms with Crippen molar-refractivity contribution in [2.24, 2.45) is 0 Å². The molecule has 0 unspecified atom stereocenters. The van der Waals surface area contributed by atoms with Gasteiger partial charge in [-0.1, -0.05) is 194 Å². The lowest BCUT2D eigenvalue weighted by Crippen LogP contribution is -2.28. The molecule has 14 rings (SSSR count). The predicted molar refractivity (Wildman–Crippen MR) is 291 cm³/mol. The molecule has 0 saturated heterocycles. The van der Waals surface area contributed by atoms with Crippen LogP contribution in [0.4, 0.5) is 17.1 Å². The number of aromatic nitrogens is 1. The van der Waals surface area contributed by atoms with Crippen LogP contribution in [0.2, 0.25) is 0 Å². The van der Waals surface area contributed by atoms with E-state index in [0.29, 0.717) is 0 Å². The lowest BCUT2D eigenvalue weighted by atomic mass is 9.68. The quantitative estimate of drug-likeness (QED) is 0.152. The minimum absolute atomic E-state index is 0.478. The average molecular weight is 893 g/mol. The highest BCUT2D eigenvalue weighted by molar-refractivity contribution is 6.10. The molecule has 0 aliphatic heterocycles. The summed E-state index contributed by atoms with van der Waals surface area (Å²) in [5.74, 6) is 0. The van der Waals surface area contributed by atoms with Crippen LogP contribution in [0.5, 0.6) is 0 Å². The largest absolute Gasteiger partial charge is 0.455 e. The van der Waals surface area contributed by atoms with Crippen molar-refractivity contribution in [3.63, 3.8) is 0 Å². The van der Waals surface area contributed by atoms with Gasteiger partial charge in [-0.25, -0.2) is 0 Å². The topological polar surface area (TPSA) is 21.3 Å². The zero-order valence-corrected chi connectivity index (χ0v) is 38.2. The van der Waals surface area contributed by atoms with Gasteiger partial charge in [0.15, 0.2) is 0 Å². The van der Waals surface area contributed by atoms with E-state index in [2.05, 4.69) is 264 Å². The van der Waals surface area contributed by atoms with Gasteiger partial charge in [-0.3, -0.25) is 0 Å². The van der Waals surface area contributed by atoms with Crippen LogP contribution < -0.4 is 4.90 Å². The monoisotopic (exact) mass is 892 g/mol. The molecule has 328 valence electrons. The number of benzene rings is 11. The van der Waals surface area contributed by atoms with E-state index in [9.17, 15) is 0 Å². The molecule has 0 N–H and O–H groups in total. The molecule has 0 fully saturated rings. The molecule has 13 aromatic rings. The van der Waals surface area contributed by atoms with Crippen LogP contribution in [0, 0.1) is 0 Å². The molecule has 11 aromatic carbocycles. The fourth-order valence-corrected chi connectivity index (χ4v) is 11.6. The van der Waals surface area contributed by atoms with Gasteiger partial charge in [-0.05, 0) is 123 Å². The smallest absolute Gasteiger partial charge is 0.143 e. The molecule has 70 heavy (non-hydrogen) atoms. The van der Waals surface area contributed by atoms with E-state index in [1.54, 1.807) is 0 Å². The molecule has 1 aliphatic carbocycles. The molecule has 3 nitrogen and oxygen atoms in total. The first kappa shape index (κ1) is 39.9. The van der Waals surface area contributed by atoms with Crippen molar-refractivity contribution in [2.75, 3.05) is 4.90 Å². The van der Waals surface area contributed by atoms with Crippen molar-refractivity contribution in [1.29, 1.82) is 0 Å². The van der Waals surface area contributed by atoms with Gasteiger partial charge in [-0.2, -0.15) is 0 Å². The van der Waals surface area contributed by atoms with E-state index >= 15 is 0 Å². The van der Waals surface area contributed by atoms with E-state index in [-0.39, 0.29) is 0 Å². The summed E-state index contributed by atoms with van der Waals surface area (Å²) in [4.78, 5) is 2.38. The lowest BCUT2D eigenvalue weighted by molar-refractivity contribution is 0.670. The maximum atomic E-state index is 6.46. The first-order valence-corrected chi connectivity index (χ1v) is 24.1. The van der Waals surface area contributed by atoms with Crippen molar-refractivity contribution in [2.45, 2.75) is 5.41 Å². The van der Waals surface area contributed by atoms with Crippen LogP contribution in [0.25, 0.3) is 82.8 Å². The summed E-state index contributed by atoms with van der Waals surface area (Å²) in [5.41, 5.74) is 20.2. The van der Waals surface area contributed by atoms with Gasteiger partial charge < -0.3 is 13.9 Å². The molecule has 0 saturated carbocycles. The number of furan rings is 1. The van der Waals surface area contributed by atoms with Crippen molar-refractivity contribution in [1.82, 2.24) is 4.57 Å². The molecule has 2 heterocycles. The Bertz CT molecular complexity index is 4010. The van der Waals surface area contributed by atoms with E-state index < -0.39 is 5.41 Å². The van der Waals surface area contributed by atoms with Gasteiger partial charge in [0.2, 0.25) is 0 Å². The molecule has 0 amide bonds. The molecule has 3 heteroatoms. The molecule has 2 aromatic heterocycles. The Hall–Kier alpha value is -9.18. The predicted octanol–water partition coefficient (Wildman–Crippen LogP) is 17.8. The van der Waals surface area contributed by atoms with Gasteiger partial charge in [0.25, 0.3) is 0 Å². The number of hydrogen-bond donors (Lipinski definition) is 0. The lowest BCUT2D eigenvalue weighted by Gasteiger charge is -2.34.